The molecule has 0 spiro atoms. The number of aromatic nitrogens is 1. The summed E-state index contributed by atoms with van der Waals surface area (Å²) in [5.41, 5.74) is 3.58. The standard InChI is InChI=1S/C22H33N5OS/c1-4-23-22(25-15-18(3)27-11-13-28-14-12-27)24-10-9-20-16-29-21(26-20)19-7-5-17(2)6-8-19/h5-8,16,18H,4,9-15H2,1-3H3,(H2,23,24,25). The van der Waals surface area contributed by atoms with E-state index in [1.165, 1.54) is 11.1 Å². The van der Waals surface area contributed by atoms with E-state index >= 15 is 0 Å². The lowest BCUT2D eigenvalue weighted by molar-refractivity contribution is 0.0220. The Morgan fingerprint density at radius 1 is 1.24 bits per heavy atom. The van der Waals surface area contributed by atoms with Crippen LogP contribution in [-0.2, 0) is 11.2 Å². The van der Waals surface area contributed by atoms with Crippen LogP contribution < -0.4 is 10.6 Å². The first-order chi connectivity index (χ1) is 14.2. The van der Waals surface area contributed by atoms with Crippen molar-refractivity contribution in [1.29, 1.82) is 0 Å². The average Bonchev–Trinajstić information content (AvgIpc) is 3.22. The molecule has 158 valence electrons. The van der Waals surface area contributed by atoms with Gasteiger partial charge in [-0.1, -0.05) is 29.8 Å². The van der Waals surface area contributed by atoms with E-state index in [1.807, 2.05) is 0 Å². The Morgan fingerprint density at radius 3 is 2.72 bits per heavy atom. The second-order valence-electron chi connectivity index (χ2n) is 7.40. The van der Waals surface area contributed by atoms with Crippen molar-refractivity contribution in [1.82, 2.24) is 20.5 Å². The molecule has 1 atom stereocenters. The van der Waals surface area contributed by atoms with E-state index in [4.69, 9.17) is 14.7 Å². The van der Waals surface area contributed by atoms with Crippen molar-refractivity contribution in [3.63, 3.8) is 0 Å². The van der Waals surface area contributed by atoms with Gasteiger partial charge in [-0.3, -0.25) is 9.89 Å². The fourth-order valence-electron chi connectivity index (χ4n) is 3.26. The molecule has 1 aliphatic heterocycles. The van der Waals surface area contributed by atoms with Gasteiger partial charge in [0.1, 0.15) is 5.01 Å². The molecule has 1 aliphatic rings. The molecule has 3 rings (SSSR count). The van der Waals surface area contributed by atoms with Crippen LogP contribution in [0, 0.1) is 6.92 Å². The molecule has 7 heteroatoms. The van der Waals surface area contributed by atoms with Crippen LogP contribution in [0.3, 0.4) is 0 Å². The molecule has 1 saturated heterocycles. The molecular weight excluding hydrogens is 382 g/mol. The van der Waals surface area contributed by atoms with Crippen LogP contribution in [0.1, 0.15) is 25.1 Å². The zero-order chi connectivity index (χ0) is 20.5. The molecule has 6 nitrogen and oxygen atoms in total. The van der Waals surface area contributed by atoms with Gasteiger partial charge in [0, 0.05) is 49.6 Å². The second-order valence-corrected chi connectivity index (χ2v) is 8.26. The Bertz CT molecular complexity index is 768. The molecule has 29 heavy (non-hydrogen) atoms. The predicted octanol–water partition coefficient (Wildman–Crippen LogP) is 2.94. The summed E-state index contributed by atoms with van der Waals surface area (Å²) in [6.07, 6.45) is 0.881. The first kappa shape index (κ1) is 21.7. The third-order valence-electron chi connectivity index (χ3n) is 5.05. The number of ether oxygens (including phenoxy) is 1. The maximum absolute atomic E-state index is 5.44. The van der Waals surface area contributed by atoms with Crippen molar-refractivity contribution < 1.29 is 4.74 Å². The van der Waals surface area contributed by atoms with Crippen molar-refractivity contribution in [3.05, 3.63) is 40.9 Å². The quantitative estimate of drug-likeness (QED) is 0.513. The highest BCUT2D eigenvalue weighted by Crippen LogP contribution is 2.24. The molecule has 2 N–H and O–H groups in total. The molecule has 0 bridgehead atoms. The topological polar surface area (TPSA) is 61.8 Å². The van der Waals surface area contributed by atoms with Gasteiger partial charge in [0.15, 0.2) is 5.96 Å². The average molecular weight is 416 g/mol. The third kappa shape index (κ3) is 6.80. The Balaban J connectivity index is 1.48. The number of nitrogens with one attached hydrogen (secondary N) is 2. The minimum atomic E-state index is 0.421. The summed E-state index contributed by atoms with van der Waals surface area (Å²) in [5, 5.41) is 10.0. The minimum Gasteiger partial charge on any atom is -0.379 e. The number of benzene rings is 1. The highest BCUT2D eigenvalue weighted by molar-refractivity contribution is 7.13. The molecule has 0 radical (unpaired) electrons. The Labute approximate surface area is 178 Å². The molecule has 1 unspecified atom stereocenters. The normalized spacial score (nSPS) is 16.6. The molecule has 0 aliphatic carbocycles. The lowest BCUT2D eigenvalue weighted by Crippen LogP contribution is -2.44. The molecular formula is C22H33N5OS. The number of rotatable bonds is 8. The van der Waals surface area contributed by atoms with E-state index in [0.717, 1.165) is 69.0 Å². The largest absolute Gasteiger partial charge is 0.379 e. The first-order valence-electron chi connectivity index (χ1n) is 10.5. The van der Waals surface area contributed by atoms with Gasteiger partial charge in [-0.2, -0.15) is 0 Å². The van der Waals surface area contributed by atoms with Gasteiger partial charge < -0.3 is 15.4 Å². The maximum Gasteiger partial charge on any atom is 0.191 e. The molecule has 2 aromatic rings. The summed E-state index contributed by atoms with van der Waals surface area (Å²) >= 11 is 1.71. The summed E-state index contributed by atoms with van der Waals surface area (Å²) < 4.78 is 5.44. The van der Waals surface area contributed by atoms with Crippen molar-refractivity contribution in [2.75, 3.05) is 45.9 Å². The predicted molar refractivity (Wildman–Crippen MR) is 122 cm³/mol. The van der Waals surface area contributed by atoms with Crippen molar-refractivity contribution in [2.24, 2.45) is 4.99 Å². The van der Waals surface area contributed by atoms with Crippen LogP contribution in [0.5, 0.6) is 0 Å². The minimum absolute atomic E-state index is 0.421. The molecule has 1 aromatic heterocycles. The molecule has 1 aromatic carbocycles. The second kappa shape index (κ2) is 11.3. The van der Waals surface area contributed by atoms with E-state index < -0.39 is 0 Å². The number of thiazole rings is 1. The number of hydrogen-bond acceptors (Lipinski definition) is 5. The molecule has 2 heterocycles. The van der Waals surface area contributed by atoms with Gasteiger partial charge in [0.25, 0.3) is 0 Å². The number of aliphatic imine (C=N–C) groups is 1. The third-order valence-corrected chi connectivity index (χ3v) is 5.99. The van der Waals surface area contributed by atoms with Crippen LogP contribution in [0.25, 0.3) is 10.6 Å². The summed E-state index contributed by atoms with van der Waals surface area (Å²) in [6, 6.07) is 8.97. The van der Waals surface area contributed by atoms with Gasteiger partial charge >= 0.3 is 0 Å². The van der Waals surface area contributed by atoms with E-state index in [-0.39, 0.29) is 0 Å². The van der Waals surface area contributed by atoms with Gasteiger partial charge in [-0.15, -0.1) is 11.3 Å². The summed E-state index contributed by atoms with van der Waals surface area (Å²) in [6.45, 7) is 12.5. The van der Waals surface area contributed by atoms with Gasteiger partial charge in [-0.25, -0.2) is 4.98 Å². The van der Waals surface area contributed by atoms with Crippen LogP contribution in [0.15, 0.2) is 34.6 Å². The number of nitrogens with zero attached hydrogens (tertiary/aromatic N) is 3. The van der Waals surface area contributed by atoms with Crippen LogP contribution in [0.4, 0.5) is 0 Å². The van der Waals surface area contributed by atoms with E-state index in [0.29, 0.717) is 6.04 Å². The van der Waals surface area contributed by atoms with E-state index in [2.05, 4.69) is 66.0 Å². The van der Waals surface area contributed by atoms with Crippen molar-refractivity contribution in [2.45, 2.75) is 33.2 Å². The maximum atomic E-state index is 5.44. The number of hydrogen-bond donors (Lipinski definition) is 2. The lowest BCUT2D eigenvalue weighted by Gasteiger charge is -2.31. The number of guanidine groups is 1. The monoisotopic (exact) mass is 415 g/mol. The zero-order valence-electron chi connectivity index (χ0n) is 17.8. The molecule has 0 amide bonds. The van der Waals surface area contributed by atoms with Crippen LogP contribution >= 0.6 is 11.3 Å². The fraction of sp³-hybridized carbons (Fsp3) is 0.545. The number of aryl methyl sites for hydroxylation is 1. The van der Waals surface area contributed by atoms with Crippen molar-refractivity contribution >= 4 is 17.3 Å². The SMILES string of the molecule is CCNC(=NCC(C)N1CCOCC1)NCCc1csc(-c2ccc(C)cc2)n1. The summed E-state index contributed by atoms with van der Waals surface area (Å²) in [4.78, 5) is 12.0. The van der Waals surface area contributed by atoms with Crippen LogP contribution in [-0.4, -0.2) is 67.8 Å². The van der Waals surface area contributed by atoms with Crippen LogP contribution in [0.2, 0.25) is 0 Å². The van der Waals surface area contributed by atoms with Gasteiger partial charge in [0.05, 0.1) is 25.5 Å². The van der Waals surface area contributed by atoms with E-state index in [9.17, 15) is 0 Å². The number of morpholine rings is 1. The van der Waals surface area contributed by atoms with Gasteiger partial charge in [0.2, 0.25) is 0 Å². The Hall–Kier alpha value is -1.96. The van der Waals surface area contributed by atoms with E-state index in [1.54, 1.807) is 11.3 Å². The zero-order valence-corrected chi connectivity index (χ0v) is 18.6. The molecule has 0 saturated carbocycles. The lowest BCUT2D eigenvalue weighted by atomic mass is 10.2. The molecule has 1 fully saturated rings. The highest BCUT2D eigenvalue weighted by atomic mass is 32.1. The Morgan fingerprint density at radius 2 is 2.00 bits per heavy atom. The fourth-order valence-corrected chi connectivity index (χ4v) is 4.12. The first-order valence-corrected chi connectivity index (χ1v) is 11.4. The smallest absolute Gasteiger partial charge is 0.191 e. The summed E-state index contributed by atoms with van der Waals surface area (Å²) in [5.74, 6) is 0.876. The highest BCUT2D eigenvalue weighted by Gasteiger charge is 2.16. The Kier molecular flexibility index (Phi) is 8.46. The van der Waals surface area contributed by atoms with Gasteiger partial charge in [-0.05, 0) is 20.8 Å². The summed E-state index contributed by atoms with van der Waals surface area (Å²) in [7, 11) is 0. The van der Waals surface area contributed by atoms with Crippen molar-refractivity contribution in [3.8, 4) is 10.6 Å².